The van der Waals surface area contributed by atoms with Gasteiger partial charge >= 0.3 is 5.97 Å². The van der Waals surface area contributed by atoms with Gasteiger partial charge in [0.2, 0.25) is 0 Å². The first-order valence-corrected chi connectivity index (χ1v) is 13.8. The summed E-state index contributed by atoms with van der Waals surface area (Å²) in [6.45, 7) is 3.83. The summed E-state index contributed by atoms with van der Waals surface area (Å²) < 4.78 is 4.80. The third-order valence-electron chi connectivity index (χ3n) is 1.46. The third kappa shape index (κ3) is 7.92. The minimum atomic E-state index is -0.564. The minimum Gasteiger partial charge on any atom is -0.463 e. The molecule has 0 spiro atoms. The van der Waals surface area contributed by atoms with Gasteiger partial charge in [0.05, 0.1) is 6.61 Å². The van der Waals surface area contributed by atoms with Crippen molar-refractivity contribution in [2.24, 2.45) is 0 Å². The Balaban J connectivity index is 3.00. The van der Waals surface area contributed by atoms with Gasteiger partial charge in [-0.2, -0.15) is 0 Å². The lowest BCUT2D eigenvalue weighted by atomic mass is 10.5. The van der Waals surface area contributed by atoms with Crippen molar-refractivity contribution in [1.82, 2.24) is 0 Å². The Kier molecular flexibility index (Phi) is 8.78. The molecule has 12 heavy (non-hydrogen) atoms. The average Bonchev–Trinajstić information content (AvgIpc) is 2.10. The fourth-order valence-electron chi connectivity index (χ4n) is 0.799. The smallest absolute Gasteiger partial charge is 0.330 e. The molecule has 70 valence electrons. The Morgan fingerprint density at radius 2 is 2.42 bits per heavy atom. The standard InChI is InChI=1S/C6H16O3Si3/c1-2-6(7)9-4-3-5-10-12-11-8/h2,8H,1,3-5,10-12H2. The van der Waals surface area contributed by atoms with Crippen molar-refractivity contribution in [3.8, 4) is 0 Å². The normalized spacial score (nSPS) is 12.4. The molecular weight excluding hydrogens is 204 g/mol. The first kappa shape index (κ1) is 11.8. The molecule has 0 aliphatic rings. The largest absolute Gasteiger partial charge is 0.463 e. The van der Waals surface area contributed by atoms with E-state index in [1.54, 1.807) is 0 Å². The molecular formula is C6H16O3Si3. The van der Waals surface area contributed by atoms with E-state index in [-0.39, 0.29) is 23.6 Å². The molecule has 0 aliphatic carbocycles. The molecule has 0 rings (SSSR count). The van der Waals surface area contributed by atoms with E-state index < -0.39 is 9.28 Å². The van der Waals surface area contributed by atoms with Crippen LogP contribution in [0, 0.1) is 0 Å². The molecule has 0 atom stereocenters. The molecule has 0 amide bonds. The van der Waals surface area contributed by atoms with E-state index in [1.165, 1.54) is 12.1 Å². The van der Waals surface area contributed by atoms with Crippen LogP contribution in [0.2, 0.25) is 6.04 Å². The van der Waals surface area contributed by atoms with Crippen LogP contribution in [0.25, 0.3) is 0 Å². The van der Waals surface area contributed by atoms with E-state index >= 15 is 0 Å². The first-order chi connectivity index (χ1) is 5.81. The van der Waals surface area contributed by atoms with Crippen molar-refractivity contribution in [3.05, 3.63) is 12.7 Å². The highest BCUT2D eigenvalue weighted by atomic mass is 29.5. The maximum Gasteiger partial charge on any atom is 0.330 e. The Morgan fingerprint density at radius 1 is 1.67 bits per heavy atom. The van der Waals surface area contributed by atoms with Crippen molar-refractivity contribution >= 4 is 32.8 Å². The maximum atomic E-state index is 10.5. The molecule has 0 saturated carbocycles. The second-order valence-electron chi connectivity index (χ2n) is 2.51. The predicted octanol–water partition coefficient (Wildman–Crippen LogP) is -2.23. The molecule has 0 fully saturated rings. The summed E-state index contributed by atoms with van der Waals surface area (Å²) in [6.07, 6.45) is 2.17. The summed E-state index contributed by atoms with van der Waals surface area (Å²) in [5, 5.41) is 0. The van der Waals surface area contributed by atoms with Crippen molar-refractivity contribution in [2.75, 3.05) is 6.61 Å². The van der Waals surface area contributed by atoms with E-state index in [0.29, 0.717) is 6.61 Å². The molecule has 0 aliphatic heterocycles. The number of carbonyl (C=O) groups excluding carboxylic acids is 1. The highest BCUT2D eigenvalue weighted by Crippen LogP contribution is 1.89. The van der Waals surface area contributed by atoms with Gasteiger partial charge < -0.3 is 9.53 Å². The lowest BCUT2D eigenvalue weighted by molar-refractivity contribution is -0.137. The van der Waals surface area contributed by atoms with Crippen LogP contribution in [0.15, 0.2) is 12.7 Å². The van der Waals surface area contributed by atoms with Crippen molar-refractivity contribution in [3.63, 3.8) is 0 Å². The van der Waals surface area contributed by atoms with Crippen LogP contribution in [0.4, 0.5) is 0 Å². The molecule has 3 nitrogen and oxygen atoms in total. The summed E-state index contributed by atoms with van der Waals surface area (Å²) in [7, 11) is -0.428. The SMILES string of the molecule is C=CC(=O)OCCC[SiH2][SiH2][SiH2]O. The second-order valence-corrected chi connectivity index (χ2v) is 17.0. The first-order valence-electron chi connectivity index (χ1n) is 4.21. The number of hydrogen-bond acceptors (Lipinski definition) is 3. The molecule has 0 aromatic heterocycles. The van der Waals surface area contributed by atoms with E-state index in [0.717, 1.165) is 6.42 Å². The molecule has 0 aromatic carbocycles. The quantitative estimate of drug-likeness (QED) is 0.229. The lowest BCUT2D eigenvalue weighted by Crippen LogP contribution is -2.12. The van der Waals surface area contributed by atoms with Gasteiger partial charge in [-0.3, -0.25) is 0 Å². The second kappa shape index (κ2) is 8.91. The van der Waals surface area contributed by atoms with Crippen LogP contribution in [0.3, 0.4) is 0 Å². The molecule has 0 saturated heterocycles. The van der Waals surface area contributed by atoms with Gasteiger partial charge in [-0.25, -0.2) is 4.79 Å². The number of rotatable bonds is 7. The summed E-state index contributed by atoms with van der Waals surface area (Å²) in [6, 6.07) is 1.23. The molecule has 1 N–H and O–H groups in total. The summed E-state index contributed by atoms with van der Waals surface area (Å²) in [5.74, 6) is -0.328. The van der Waals surface area contributed by atoms with Gasteiger partial charge in [0, 0.05) is 23.7 Å². The predicted molar refractivity (Wildman–Crippen MR) is 58.4 cm³/mol. The van der Waals surface area contributed by atoms with E-state index in [9.17, 15) is 4.79 Å². The maximum absolute atomic E-state index is 10.5. The monoisotopic (exact) mass is 220 g/mol. The zero-order valence-corrected chi connectivity index (χ0v) is 11.5. The topological polar surface area (TPSA) is 46.5 Å². The zero-order chi connectivity index (χ0) is 9.23. The third-order valence-corrected chi connectivity index (χ3v) is 14.6. The van der Waals surface area contributed by atoms with E-state index in [2.05, 4.69) is 6.58 Å². The molecule has 0 bridgehead atoms. The summed E-state index contributed by atoms with van der Waals surface area (Å²) >= 11 is 0. The lowest BCUT2D eigenvalue weighted by Gasteiger charge is -1.99. The van der Waals surface area contributed by atoms with Gasteiger partial charge in [0.1, 0.15) is 9.28 Å². The minimum absolute atomic E-state index is 0.0418. The van der Waals surface area contributed by atoms with Gasteiger partial charge in [-0.05, 0) is 6.42 Å². The highest BCUT2D eigenvalue weighted by molar-refractivity contribution is 7.27. The molecule has 0 aromatic rings. The highest BCUT2D eigenvalue weighted by Gasteiger charge is 1.95. The van der Waals surface area contributed by atoms with E-state index in [4.69, 9.17) is 9.53 Å². The average molecular weight is 220 g/mol. The number of ether oxygens (including phenoxy) is 1. The summed E-state index contributed by atoms with van der Waals surface area (Å²) in [4.78, 5) is 19.2. The van der Waals surface area contributed by atoms with E-state index in [1.807, 2.05) is 0 Å². The fraction of sp³-hybridized carbons (Fsp3) is 0.500. The molecule has 0 radical (unpaired) electrons. The van der Waals surface area contributed by atoms with Crippen LogP contribution in [0.5, 0.6) is 0 Å². The molecule has 0 unspecified atom stereocenters. The van der Waals surface area contributed by atoms with Crippen molar-refractivity contribution < 1.29 is 14.3 Å². The van der Waals surface area contributed by atoms with Crippen LogP contribution in [-0.2, 0) is 9.53 Å². The number of carbonyl (C=O) groups is 1. The van der Waals surface area contributed by atoms with Crippen molar-refractivity contribution in [1.29, 1.82) is 0 Å². The number of esters is 1. The Hall–Kier alpha value is -0.179. The van der Waals surface area contributed by atoms with Crippen LogP contribution in [-0.4, -0.2) is 44.2 Å². The van der Waals surface area contributed by atoms with Crippen LogP contribution >= 0.6 is 0 Å². The Bertz CT molecular complexity index is 140. The Labute approximate surface area is 79.4 Å². The van der Waals surface area contributed by atoms with Gasteiger partial charge in [-0.15, -0.1) is 0 Å². The van der Waals surface area contributed by atoms with Gasteiger partial charge in [-0.1, -0.05) is 12.6 Å². The molecule has 0 heterocycles. The summed E-state index contributed by atoms with van der Waals surface area (Å²) in [5.41, 5.74) is 0. The van der Waals surface area contributed by atoms with Crippen molar-refractivity contribution in [2.45, 2.75) is 12.5 Å². The Morgan fingerprint density at radius 3 is 3.00 bits per heavy atom. The van der Waals surface area contributed by atoms with Gasteiger partial charge in [0.25, 0.3) is 0 Å². The van der Waals surface area contributed by atoms with Gasteiger partial charge in [0.15, 0.2) is 0 Å². The van der Waals surface area contributed by atoms with Crippen LogP contribution < -0.4 is 0 Å². The van der Waals surface area contributed by atoms with Crippen LogP contribution in [0.1, 0.15) is 6.42 Å². The molecule has 6 heteroatoms. The fourth-order valence-corrected chi connectivity index (χ4v) is 9.92. The zero-order valence-electron chi connectivity index (χ0n) is 7.29. The number of hydrogen-bond donors (Lipinski definition) is 1.